The van der Waals surface area contributed by atoms with Gasteiger partial charge < -0.3 is 4.74 Å². The fourth-order valence-corrected chi connectivity index (χ4v) is 2.83. The first kappa shape index (κ1) is 14.8. The number of benzene rings is 1. The Kier molecular flexibility index (Phi) is 4.96. The fourth-order valence-electron chi connectivity index (χ4n) is 2.04. The number of hydrogen-bond donors (Lipinski definition) is 0. The van der Waals surface area contributed by atoms with Crippen LogP contribution in [0.3, 0.4) is 0 Å². The molecule has 0 N–H and O–H groups in total. The monoisotopic (exact) mass is 288 g/mol. The third kappa shape index (κ3) is 3.48. The van der Waals surface area contributed by atoms with Crippen molar-refractivity contribution in [3.8, 4) is 5.75 Å². The van der Waals surface area contributed by atoms with Gasteiger partial charge >= 0.3 is 0 Å². The molecule has 1 heterocycles. The van der Waals surface area contributed by atoms with Crippen LogP contribution in [0.4, 0.5) is 0 Å². The molecule has 0 aliphatic heterocycles. The average Bonchev–Trinajstić information content (AvgIpc) is 2.91. The summed E-state index contributed by atoms with van der Waals surface area (Å²) in [4.78, 5) is 14.0. The minimum Gasteiger partial charge on any atom is -0.485 e. The van der Waals surface area contributed by atoms with E-state index in [1.807, 2.05) is 37.3 Å². The lowest BCUT2D eigenvalue weighted by Crippen LogP contribution is -2.11. The van der Waals surface area contributed by atoms with Crippen LogP contribution in [0.2, 0.25) is 0 Å². The Morgan fingerprint density at radius 2 is 2.00 bits per heavy atom. The zero-order valence-electron chi connectivity index (χ0n) is 12.2. The maximum atomic E-state index is 12.1. The number of carbonyl (C=O) groups is 1. The largest absolute Gasteiger partial charge is 0.485 e. The summed E-state index contributed by atoms with van der Waals surface area (Å²) in [6.45, 7) is 6.43. The lowest BCUT2D eigenvalue weighted by Gasteiger charge is -2.15. The predicted molar refractivity (Wildman–Crippen MR) is 84.0 cm³/mol. The molecule has 0 aliphatic carbocycles. The Hall–Kier alpha value is -1.61. The van der Waals surface area contributed by atoms with E-state index in [0.717, 1.165) is 21.9 Å². The van der Waals surface area contributed by atoms with Gasteiger partial charge in [0.15, 0.2) is 6.61 Å². The summed E-state index contributed by atoms with van der Waals surface area (Å²) in [5, 5.41) is 0. The highest BCUT2D eigenvalue weighted by Gasteiger charge is 2.13. The van der Waals surface area contributed by atoms with Crippen LogP contribution < -0.4 is 4.74 Å². The van der Waals surface area contributed by atoms with Gasteiger partial charge in [0, 0.05) is 4.88 Å². The van der Waals surface area contributed by atoms with Gasteiger partial charge in [-0.15, -0.1) is 11.3 Å². The second-order valence-corrected chi connectivity index (χ2v) is 6.26. The molecule has 0 saturated carbocycles. The lowest BCUT2D eigenvalue weighted by molar-refractivity contribution is 0.0924. The number of para-hydroxylation sites is 1. The fraction of sp³-hybridized carbons (Fsp3) is 0.353. The molecule has 0 saturated heterocycles. The van der Waals surface area contributed by atoms with Crippen molar-refractivity contribution in [1.29, 1.82) is 0 Å². The average molecular weight is 288 g/mol. The topological polar surface area (TPSA) is 26.3 Å². The summed E-state index contributed by atoms with van der Waals surface area (Å²) in [6, 6.07) is 11.8. The third-order valence-corrected chi connectivity index (χ3v) is 4.48. The van der Waals surface area contributed by atoms with Crippen molar-refractivity contribution in [2.45, 2.75) is 33.1 Å². The van der Waals surface area contributed by atoms with Crippen LogP contribution in [-0.4, -0.2) is 12.4 Å². The van der Waals surface area contributed by atoms with Gasteiger partial charge in [-0.2, -0.15) is 0 Å². The molecule has 106 valence electrons. The Balaban J connectivity index is 2.06. The van der Waals surface area contributed by atoms with Crippen LogP contribution >= 0.6 is 11.3 Å². The lowest BCUT2D eigenvalue weighted by atomic mass is 9.98. The molecule has 2 aromatic rings. The Labute approximate surface area is 124 Å². The molecule has 0 fully saturated rings. The number of ether oxygens (including phenoxy) is 1. The van der Waals surface area contributed by atoms with Gasteiger partial charge in [0.1, 0.15) is 5.75 Å². The SMILES string of the molecule is CCC(C)c1ccccc1OCC(=O)c1ccc(C)s1. The summed E-state index contributed by atoms with van der Waals surface area (Å²) in [6.07, 6.45) is 1.05. The molecule has 0 radical (unpaired) electrons. The van der Waals surface area contributed by atoms with E-state index in [2.05, 4.69) is 19.9 Å². The maximum Gasteiger partial charge on any atom is 0.210 e. The van der Waals surface area contributed by atoms with Crippen LogP contribution in [-0.2, 0) is 0 Å². The molecule has 0 spiro atoms. The van der Waals surface area contributed by atoms with Gasteiger partial charge in [0.25, 0.3) is 0 Å². The van der Waals surface area contributed by atoms with Crippen molar-refractivity contribution in [2.24, 2.45) is 0 Å². The summed E-state index contributed by atoms with van der Waals surface area (Å²) in [5.74, 6) is 1.30. The molecule has 1 aromatic carbocycles. The van der Waals surface area contributed by atoms with Crippen LogP contribution in [0.25, 0.3) is 0 Å². The minimum atomic E-state index is 0.0436. The first-order chi connectivity index (χ1) is 9.61. The van der Waals surface area contributed by atoms with E-state index in [0.29, 0.717) is 5.92 Å². The number of hydrogen-bond acceptors (Lipinski definition) is 3. The number of ketones is 1. The third-order valence-electron chi connectivity index (χ3n) is 3.44. The molecular weight excluding hydrogens is 268 g/mol. The van der Waals surface area contributed by atoms with Gasteiger partial charge in [-0.3, -0.25) is 4.79 Å². The summed E-state index contributed by atoms with van der Waals surface area (Å²) in [7, 11) is 0. The van der Waals surface area contributed by atoms with E-state index in [-0.39, 0.29) is 12.4 Å². The van der Waals surface area contributed by atoms with Crippen molar-refractivity contribution in [2.75, 3.05) is 6.61 Å². The molecule has 2 nitrogen and oxygen atoms in total. The van der Waals surface area contributed by atoms with E-state index in [1.54, 1.807) is 0 Å². The molecule has 20 heavy (non-hydrogen) atoms. The van der Waals surface area contributed by atoms with Crippen LogP contribution in [0, 0.1) is 6.92 Å². The molecule has 1 aromatic heterocycles. The van der Waals surface area contributed by atoms with E-state index in [1.165, 1.54) is 16.9 Å². The molecule has 0 aliphatic rings. The van der Waals surface area contributed by atoms with Crippen molar-refractivity contribution < 1.29 is 9.53 Å². The summed E-state index contributed by atoms with van der Waals surface area (Å²) in [5.41, 5.74) is 1.17. The zero-order valence-corrected chi connectivity index (χ0v) is 13.0. The molecule has 3 heteroatoms. The van der Waals surface area contributed by atoms with Gasteiger partial charge in [-0.25, -0.2) is 0 Å². The van der Waals surface area contributed by atoms with E-state index in [4.69, 9.17) is 4.74 Å². The number of aryl methyl sites for hydroxylation is 1. The zero-order chi connectivity index (χ0) is 14.5. The normalized spacial score (nSPS) is 12.2. The standard InChI is InChI=1S/C17H20O2S/c1-4-12(2)14-7-5-6-8-16(14)19-11-15(18)17-10-9-13(3)20-17/h5-10,12H,4,11H2,1-3H3. The molecule has 0 amide bonds. The Morgan fingerprint density at radius 3 is 2.65 bits per heavy atom. The van der Waals surface area contributed by atoms with Crippen LogP contribution in [0.5, 0.6) is 5.75 Å². The number of Topliss-reactive ketones (excluding diaryl/α,β-unsaturated/α-hetero) is 1. The Morgan fingerprint density at radius 1 is 1.25 bits per heavy atom. The summed E-state index contributed by atoms with van der Waals surface area (Å²) >= 11 is 1.52. The van der Waals surface area contributed by atoms with Gasteiger partial charge in [0.05, 0.1) is 4.88 Å². The highest BCUT2D eigenvalue weighted by atomic mass is 32.1. The minimum absolute atomic E-state index is 0.0436. The van der Waals surface area contributed by atoms with E-state index < -0.39 is 0 Å². The number of carbonyl (C=O) groups excluding carboxylic acids is 1. The first-order valence-electron chi connectivity index (χ1n) is 6.93. The van der Waals surface area contributed by atoms with Gasteiger partial charge in [-0.1, -0.05) is 32.0 Å². The number of rotatable bonds is 6. The van der Waals surface area contributed by atoms with Gasteiger partial charge in [-0.05, 0) is 43.0 Å². The second kappa shape index (κ2) is 6.71. The highest BCUT2D eigenvalue weighted by molar-refractivity contribution is 7.14. The summed E-state index contributed by atoms with van der Waals surface area (Å²) < 4.78 is 5.74. The number of thiophene rings is 1. The molecule has 0 bridgehead atoms. The molecule has 1 atom stereocenters. The quantitative estimate of drug-likeness (QED) is 0.711. The van der Waals surface area contributed by atoms with E-state index in [9.17, 15) is 4.79 Å². The highest BCUT2D eigenvalue weighted by Crippen LogP contribution is 2.28. The smallest absolute Gasteiger partial charge is 0.210 e. The van der Waals surface area contributed by atoms with Crippen LogP contribution in [0.15, 0.2) is 36.4 Å². The molecular formula is C17H20O2S. The predicted octanol–water partition coefficient (Wildman–Crippen LogP) is 4.83. The van der Waals surface area contributed by atoms with Crippen molar-refractivity contribution in [3.63, 3.8) is 0 Å². The second-order valence-electron chi connectivity index (χ2n) is 4.97. The molecule has 2 rings (SSSR count). The Bertz CT molecular complexity index is 586. The van der Waals surface area contributed by atoms with Crippen LogP contribution in [0.1, 0.15) is 46.3 Å². The maximum absolute atomic E-state index is 12.1. The van der Waals surface area contributed by atoms with Crippen molar-refractivity contribution >= 4 is 17.1 Å². The van der Waals surface area contributed by atoms with E-state index >= 15 is 0 Å². The first-order valence-corrected chi connectivity index (χ1v) is 7.74. The molecule has 1 unspecified atom stereocenters. The van der Waals surface area contributed by atoms with Crippen molar-refractivity contribution in [3.05, 3.63) is 51.7 Å². The van der Waals surface area contributed by atoms with Crippen molar-refractivity contribution in [1.82, 2.24) is 0 Å². The van der Waals surface area contributed by atoms with Gasteiger partial charge in [0.2, 0.25) is 5.78 Å².